The molecule has 1 atom stereocenters. The molecule has 0 radical (unpaired) electrons. The molecule has 1 N–H and O–H groups in total. The van der Waals surface area contributed by atoms with Gasteiger partial charge >= 0.3 is 0 Å². The van der Waals surface area contributed by atoms with Gasteiger partial charge < -0.3 is 10.1 Å². The lowest BCUT2D eigenvalue weighted by atomic mass is 9.89. The van der Waals surface area contributed by atoms with Crippen molar-refractivity contribution < 1.29 is 9.13 Å². The van der Waals surface area contributed by atoms with Gasteiger partial charge in [0.2, 0.25) is 0 Å². The topological polar surface area (TPSA) is 21.3 Å². The van der Waals surface area contributed by atoms with E-state index in [0.717, 1.165) is 30.8 Å². The fraction of sp³-hybridized carbons (Fsp3) is 0.571. The van der Waals surface area contributed by atoms with E-state index in [1.54, 1.807) is 0 Å². The summed E-state index contributed by atoms with van der Waals surface area (Å²) in [5, 5.41) is 3.24. The number of halogens is 1. The minimum absolute atomic E-state index is 0.557. The quantitative estimate of drug-likeness (QED) is 0.872. The summed E-state index contributed by atoms with van der Waals surface area (Å²) < 4.78 is 20.2. The van der Waals surface area contributed by atoms with Crippen LogP contribution in [0.5, 0.6) is 5.75 Å². The fourth-order valence-electron chi connectivity index (χ4n) is 2.34. The third-order valence-corrected chi connectivity index (χ3v) is 3.31. The lowest BCUT2D eigenvalue weighted by Gasteiger charge is -2.24. The molecule has 0 amide bonds. The molecule has 17 heavy (non-hydrogen) atoms. The van der Waals surface area contributed by atoms with Crippen LogP contribution in [0.15, 0.2) is 24.3 Å². The van der Waals surface area contributed by atoms with Crippen molar-refractivity contribution in [3.63, 3.8) is 0 Å². The molecule has 0 saturated carbocycles. The molecule has 1 aromatic rings. The SMILES string of the molecule is CCOc1ccc(C2(F)CCCNCC2)cc1. The van der Waals surface area contributed by atoms with Crippen molar-refractivity contribution >= 4 is 0 Å². The van der Waals surface area contributed by atoms with E-state index in [1.165, 1.54) is 0 Å². The second-order valence-corrected chi connectivity index (χ2v) is 4.53. The molecule has 94 valence electrons. The monoisotopic (exact) mass is 237 g/mol. The summed E-state index contributed by atoms with van der Waals surface area (Å²) in [4.78, 5) is 0. The van der Waals surface area contributed by atoms with E-state index < -0.39 is 5.67 Å². The average Bonchev–Trinajstić information content (AvgIpc) is 2.56. The molecule has 0 spiro atoms. The summed E-state index contributed by atoms with van der Waals surface area (Å²) >= 11 is 0. The van der Waals surface area contributed by atoms with Gasteiger partial charge in [0.05, 0.1) is 6.61 Å². The van der Waals surface area contributed by atoms with Gasteiger partial charge in [0.15, 0.2) is 0 Å². The maximum absolute atomic E-state index is 14.8. The van der Waals surface area contributed by atoms with Crippen LogP contribution < -0.4 is 10.1 Å². The van der Waals surface area contributed by atoms with Crippen molar-refractivity contribution in [1.29, 1.82) is 0 Å². The Kier molecular flexibility index (Phi) is 4.00. The van der Waals surface area contributed by atoms with Gasteiger partial charge in [-0.05, 0) is 57.0 Å². The van der Waals surface area contributed by atoms with Crippen molar-refractivity contribution in [3.8, 4) is 5.75 Å². The largest absolute Gasteiger partial charge is 0.494 e. The van der Waals surface area contributed by atoms with Crippen LogP contribution in [-0.2, 0) is 5.67 Å². The molecule has 1 heterocycles. The van der Waals surface area contributed by atoms with Gasteiger partial charge in [-0.15, -0.1) is 0 Å². The van der Waals surface area contributed by atoms with E-state index >= 15 is 0 Å². The third-order valence-electron chi connectivity index (χ3n) is 3.31. The third kappa shape index (κ3) is 2.97. The number of benzene rings is 1. The minimum Gasteiger partial charge on any atom is -0.494 e. The summed E-state index contributed by atoms with van der Waals surface area (Å²) in [6.07, 6.45) is 2.05. The summed E-state index contributed by atoms with van der Waals surface area (Å²) in [7, 11) is 0. The van der Waals surface area contributed by atoms with Gasteiger partial charge in [-0.25, -0.2) is 4.39 Å². The van der Waals surface area contributed by atoms with Gasteiger partial charge in [0.1, 0.15) is 11.4 Å². The van der Waals surface area contributed by atoms with Crippen molar-refractivity contribution in [3.05, 3.63) is 29.8 Å². The average molecular weight is 237 g/mol. The highest BCUT2D eigenvalue weighted by Crippen LogP contribution is 2.36. The minimum atomic E-state index is -1.17. The normalized spacial score (nSPS) is 25.3. The molecular formula is C14H20FNO. The molecule has 1 aliphatic rings. The highest BCUT2D eigenvalue weighted by molar-refractivity contribution is 5.31. The van der Waals surface area contributed by atoms with Gasteiger partial charge in [0.25, 0.3) is 0 Å². The van der Waals surface area contributed by atoms with Crippen molar-refractivity contribution in [2.45, 2.75) is 31.9 Å². The molecule has 0 aromatic heterocycles. The zero-order valence-corrected chi connectivity index (χ0v) is 10.3. The lowest BCUT2D eigenvalue weighted by Crippen LogP contribution is -2.22. The van der Waals surface area contributed by atoms with E-state index in [2.05, 4.69) is 5.32 Å². The van der Waals surface area contributed by atoms with E-state index in [0.29, 0.717) is 19.4 Å². The van der Waals surface area contributed by atoms with E-state index in [4.69, 9.17) is 4.74 Å². The van der Waals surface area contributed by atoms with Gasteiger partial charge in [-0.1, -0.05) is 12.1 Å². The zero-order chi connectivity index (χ0) is 12.1. The zero-order valence-electron chi connectivity index (χ0n) is 10.3. The highest BCUT2D eigenvalue weighted by Gasteiger charge is 2.32. The lowest BCUT2D eigenvalue weighted by molar-refractivity contribution is 0.145. The second kappa shape index (κ2) is 5.50. The van der Waals surface area contributed by atoms with Gasteiger partial charge in [-0.2, -0.15) is 0 Å². The highest BCUT2D eigenvalue weighted by atomic mass is 19.1. The van der Waals surface area contributed by atoms with Crippen LogP contribution in [0.3, 0.4) is 0 Å². The summed E-state index contributed by atoms with van der Waals surface area (Å²) in [6, 6.07) is 7.43. The fourth-order valence-corrected chi connectivity index (χ4v) is 2.34. The number of rotatable bonds is 3. The van der Waals surface area contributed by atoms with Crippen LogP contribution in [0.2, 0.25) is 0 Å². The first-order valence-electron chi connectivity index (χ1n) is 6.37. The van der Waals surface area contributed by atoms with E-state index in [1.807, 2.05) is 31.2 Å². The van der Waals surface area contributed by atoms with Crippen LogP contribution in [0.1, 0.15) is 31.7 Å². The number of hydrogen-bond acceptors (Lipinski definition) is 2. The Balaban J connectivity index is 2.14. The van der Waals surface area contributed by atoms with Crippen molar-refractivity contribution in [2.75, 3.05) is 19.7 Å². The van der Waals surface area contributed by atoms with E-state index in [9.17, 15) is 4.39 Å². The Labute approximate surface area is 102 Å². The van der Waals surface area contributed by atoms with Crippen molar-refractivity contribution in [2.24, 2.45) is 0 Å². The first kappa shape index (κ1) is 12.4. The summed E-state index contributed by atoms with van der Waals surface area (Å²) in [5.74, 6) is 0.812. The molecule has 1 unspecified atom stereocenters. The van der Waals surface area contributed by atoms with Gasteiger partial charge in [-0.3, -0.25) is 0 Å². The Bertz CT molecular complexity index is 342. The first-order chi connectivity index (χ1) is 8.24. The van der Waals surface area contributed by atoms with Crippen LogP contribution in [0.4, 0.5) is 4.39 Å². The van der Waals surface area contributed by atoms with E-state index in [-0.39, 0.29) is 0 Å². The molecule has 0 aliphatic carbocycles. The summed E-state index contributed by atoms with van der Waals surface area (Å²) in [5.41, 5.74) is -0.390. The maximum atomic E-state index is 14.8. The van der Waals surface area contributed by atoms with Crippen LogP contribution in [0, 0.1) is 0 Å². The second-order valence-electron chi connectivity index (χ2n) is 4.53. The Morgan fingerprint density at radius 3 is 2.71 bits per heavy atom. The molecule has 2 nitrogen and oxygen atoms in total. The predicted octanol–water partition coefficient (Wildman–Crippen LogP) is 3.02. The molecule has 1 fully saturated rings. The molecule has 1 aliphatic heterocycles. The number of hydrogen-bond donors (Lipinski definition) is 1. The molecule has 3 heteroatoms. The molecular weight excluding hydrogens is 217 g/mol. The molecule has 1 aromatic carbocycles. The van der Waals surface area contributed by atoms with Crippen LogP contribution in [-0.4, -0.2) is 19.7 Å². The van der Waals surface area contributed by atoms with Crippen molar-refractivity contribution in [1.82, 2.24) is 5.32 Å². The smallest absolute Gasteiger partial charge is 0.137 e. The van der Waals surface area contributed by atoms with Gasteiger partial charge in [0, 0.05) is 0 Å². The molecule has 1 saturated heterocycles. The number of ether oxygens (including phenoxy) is 1. The predicted molar refractivity (Wildman–Crippen MR) is 67.1 cm³/mol. The Hall–Kier alpha value is -1.09. The summed E-state index contributed by atoms with van der Waals surface area (Å²) in [6.45, 7) is 4.26. The molecule has 2 rings (SSSR count). The maximum Gasteiger partial charge on any atom is 0.137 e. The first-order valence-corrected chi connectivity index (χ1v) is 6.37. The Morgan fingerprint density at radius 2 is 2.00 bits per heavy atom. The Morgan fingerprint density at radius 1 is 1.24 bits per heavy atom. The molecule has 0 bridgehead atoms. The number of alkyl halides is 1. The van der Waals surface area contributed by atoms with Crippen LogP contribution >= 0.6 is 0 Å². The standard InChI is InChI=1S/C14H20FNO/c1-2-17-13-6-4-12(5-7-13)14(15)8-3-10-16-11-9-14/h4-7,16H,2-3,8-11H2,1H3. The number of nitrogens with one attached hydrogen (secondary N) is 1. The van der Waals surface area contributed by atoms with Crippen LogP contribution in [0.25, 0.3) is 0 Å².